The number of benzene rings is 1. The minimum absolute atomic E-state index is 0.0784. The van der Waals surface area contributed by atoms with Crippen LogP contribution >= 0.6 is 11.6 Å². The molecule has 8 nitrogen and oxygen atoms in total. The molecule has 2 N–H and O–H groups in total. The Morgan fingerprint density at radius 2 is 2.13 bits per heavy atom. The molecule has 3 amide bonds. The van der Waals surface area contributed by atoms with Gasteiger partial charge in [-0.15, -0.1) is 5.10 Å². The molecule has 2 aromatic rings. The second-order valence-electron chi connectivity index (χ2n) is 8.30. The SMILES string of the molecule is C[C@@H]1CCCN1C(=O)N(Cc1cc(Cl)ccc1-n1ccnn1)C(=O)[C@H](N)CC1CC1. The maximum Gasteiger partial charge on any atom is 0.327 e. The van der Waals surface area contributed by atoms with Crippen molar-refractivity contribution in [2.24, 2.45) is 11.7 Å². The van der Waals surface area contributed by atoms with Crippen molar-refractivity contribution in [3.8, 4) is 5.69 Å². The van der Waals surface area contributed by atoms with E-state index in [2.05, 4.69) is 10.3 Å². The fourth-order valence-electron chi connectivity index (χ4n) is 4.04. The lowest BCUT2D eigenvalue weighted by molar-refractivity contribution is -0.131. The molecular weight excluding hydrogens is 404 g/mol. The largest absolute Gasteiger partial charge is 0.327 e. The van der Waals surface area contributed by atoms with Gasteiger partial charge in [0, 0.05) is 17.6 Å². The quantitative estimate of drug-likeness (QED) is 0.759. The van der Waals surface area contributed by atoms with Gasteiger partial charge in [-0.1, -0.05) is 29.7 Å². The molecule has 2 atom stereocenters. The van der Waals surface area contributed by atoms with Crippen molar-refractivity contribution in [2.75, 3.05) is 6.54 Å². The predicted molar refractivity (Wildman–Crippen MR) is 113 cm³/mol. The summed E-state index contributed by atoms with van der Waals surface area (Å²) in [5, 5.41) is 8.42. The van der Waals surface area contributed by atoms with Gasteiger partial charge in [-0.2, -0.15) is 0 Å². The molecule has 2 fully saturated rings. The van der Waals surface area contributed by atoms with Gasteiger partial charge >= 0.3 is 6.03 Å². The first-order valence-electron chi connectivity index (χ1n) is 10.5. The number of hydrogen-bond acceptors (Lipinski definition) is 5. The molecule has 2 heterocycles. The molecule has 4 rings (SSSR count). The fourth-order valence-corrected chi connectivity index (χ4v) is 4.23. The highest BCUT2D eigenvalue weighted by atomic mass is 35.5. The van der Waals surface area contributed by atoms with Crippen molar-refractivity contribution >= 4 is 23.5 Å². The first-order valence-corrected chi connectivity index (χ1v) is 10.8. The Balaban J connectivity index is 1.65. The zero-order valence-corrected chi connectivity index (χ0v) is 17.8. The number of nitrogens with zero attached hydrogens (tertiary/aromatic N) is 5. The van der Waals surface area contributed by atoms with Gasteiger partial charge in [0.2, 0.25) is 5.91 Å². The van der Waals surface area contributed by atoms with E-state index in [4.69, 9.17) is 17.3 Å². The summed E-state index contributed by atoms with van der Waals surface area (Å²) in [6.45, 7) is 2.74. The highest BCUT2D eigenvalue weighted by Gasteiger charge is 2.36. The van der Waals surface area contributed by atoms with Crippen LogP contribution in [0, 0.1) is 5.92 Å². The van der Waals surface area contributed by atoms with E-state index in [0.717, 1.165) is 25.7 Å². The molecule has 0 spiro atoms. The fraction of sp³-hybridized carbons (Fsp3) is 0.524. The third-order valence-corrected chi connectivity index (χ3v) is 6.17. The number of halogens is 1. The van der Waals surface area contributed by atoms with Crippen LogP contribution in [0.4, 0.5) is 4.79 Å². The zero-order chi connectivity index (χ0) is 21.3. The van der Waals surface area contributed by atoms with Gasteiger partial charge in [-0.3, -0.25) is 9.69 Å². The summed E-state index contributed by atoms with van der Waals surface area (Å²) < 4.78 is 1.60. The van der Waals surface area contributed by atoms with E-state index in [1.54, 1.807) is 34.1 Å². The number of amides is 3. The molecule has 1 aliphatic carbocycles. The number of urea groups is 1. The lowest BCUT2D eigenvalue weighted by Crippen LogP contribution is -2.52. The standard InChI is InChI=1S/C21H27ClN6O2/c1-14-3-2-9-26(14)21(30)27(20(29)18(23)11-15-4-5-15)13-16-12-17(22)6-7-19(16)28-10-8-24-25-28/h6-8,10,12,14-15,18H,2-5,9,11,13,23H2,1H3/t14-,18-/m1/s1. The number of hydrogen-bond donors (Lipinski definition) is 1. The highest BCUT2D eigenvalue weighted by molar-refractivity contribution is 6.30. The zero-order valence-electron chi connectivity index (χ0n) is 17.1. The molecule has 1 aromatic carbocycles. The van der Waals surface area contributed by atoms with E-state index in [1.807, 2.05) is 13.0 Å². The first kappa shape index (κ1) is 20.8. The second-order valence-corrected chi connectivity index (χ2v) is 8.73. The average Bonchev–Trinajstić information content (AvgIpc) is 3.18. The molecule has 0 bridgehead atoms. The third-order valence-electron chi connectivity index (χ3n) is 5.94. The maximum atomic E-state index is 13.4. The van der Waals surface area contributed by atoms with Crippen LogP contribution in [-0.4, -0.2) is 55.4 Å². The van der Waals surface area contributed by atoms with E-state index >= 15 is 0 Å². The highest BCUT2D eigenvalue weighted by Crippen LogP contribution is 2.34. The lowest BCUT2D eigenvalue weighted by Gasteiger charge is -2.31. The van der Waals surface area contributed by atoms with Crippen molar-refractivity contribution in [3.05, 3.63) is 41.2 Å². The summed E-state index contributed by atoms with van der Waals surface area (Å²) in [4.78, 5) is 29.7. The van der Waals surface area contributed by atoms with Crippen molar-refractivity contribution < 1.29 is 9.59 Å². The molecule has 1 saturated carbocycles. The molecule has 1 saturated heterocycles. The van der Waals surface area contributed by atoms with Crippen LogP contribution in [-0.2, 0) is 11.3 Å². The Hall–Kier alpha value is -2.45. The summed E-state index contributed by atoms with van der Waals surface area (Å²) in [7, 11) is 0. The minimum atomic E-state index is -0.687. The Morgan fingerprint density at radius 1 is 1.33 bits per heavy atom. The first-order chi connectivity index (χ1) is 14.4. The Labute approximate surface area is 181 Å². The van der Waals surface area contributed by atoms with E-state index in [0.29, 0.717) is 35.2 Å². The summed E-state index contributed by atoms with van der Waals surface area (Å²) >= 11 is 6.24. The molecule has 2 aliphatic rings. The van der Waals surface area contributed by atoms with Crippen molar-refractivity contribution in [2.45, 2.75) is 57.7 Å². The lowest BCUT2D eigenvalue weighted by atomic mass is 10.1. The molecular formula is C21H27ClN6O2. The van der Waals surface area contributed by atoms with Crippen LogP contribution in [0.5, 0.6) is 0 Å². The Kier molecular flexibility index (Phi) is 6.06. The van der Waals surface area contributed by atoms with E-state index in [9.17, 15) is 9.59 Å². The van der Waals surface area contributed by atoms with Gasteiger partial charge in [0.05, 0.1) is 30.7 Å². The van der Waals surface area contributed by atoms with Gasteiger partial charge in [-0.25, -0.2) is 9.48 Å². The van der Waals surface area contributed by atoms with E-state index in [-0.39, 0.29) is 24.5 Å². The van der Waals surface area contributed by atoms with Crippen LogP contribution in [0.2, 0.25) is 5.02 Å². The van der Waals surface area contributed by atoms with Crippen molar-refractivity contribution in [1.82, 2.24) is 24.8 Å². The van der Waals surface area contributed by atoms with Crippen LogP contribution in [0.25, 0.3) is 5.69 Å². The van der Waals surface area contributed by atoms with Crippen molar-refractivity contribution in [3.63, 3.8) is 0 Å². The van der Waals surface area contributed by atoms with Crippen LogP contribution in [0.3, 0.4) is 0 Å². The Bertz CT molecular complexity index is 914. The van der Waals surface area contributed by atoms with Gasteiger partial charge in [0.15, 0.2) is 0 Å². The number of carbonyl (C=O) groups excluding carboxylic acids is 2. The van der Waals surface area contributed by atoms with Gasteiger partial charge in [0.1, 0.15) is 0 Å². The third kappa shape index (κ3) is 4.49. The topological polar surface area (TPSA) is 97.4 Å². The summed E-state index contributed by atoms with van der Waals surface area (Å²) in [6.07, 6.45) is 7.97. The molecule has 0 unspecified atom stereocenters. The molecule has 1 aliphatic heterocycles. The molecule has 9 heteroatoms. The molecule has 1 aromatic heterocycles. The van der Waals surface area contributed by atoms with Crippen molar-refractivity contribution in [1.29, 1.82) is 0 Å². The smallest absolute Gasteiger partial charge is 0.322 e. The summed E-state index contributed by atoms with van der Waals surface area (Å²) in [6, 6.07) is 4.43. The monoisotopic (exact) mass is 430 g/mol. The average molecular weight is 431 g/mol. The summed E-state index contributed by atoms with van der Waals surface area (Å²) in [5.74, 6) is 0.152. The molecule has 0 radical (unpaired) electrons. The molecule has 30 heavy (non-hydrogen) atoms. The van der Waals surface area contributed by atoms with E-state index < -0.39 is 6.04 Å². The minimum Gasteiger partial charge on any atom is -0.322 e. The Morgan fingerprint density at radius 3 is 2.77 bits per heavy atom. The number of nitrogens with two attached hydrogens (primary N) is 1. The van der Waals surface area contributed by atoms with Gasteiger partial charge in [-0.05, 0) is 55.9 Å². The number of likely N-dealkylation sites (tertiary alicyclic amines) is 1. The summed E-state index contributed by atoms with van der Waals surface area (Å²) in [5.41, 5.74) is 7.65. The second kappa shape index (κ2) is 8.73. The number of aromatic nitrogens is 3. The van der Waals surface area contributed by atoms with Crippen LogP contribution in [0.1, 0.15) is 44.6 Å². The predicted octanol–water partition coefficient (Wildman–Crippen LogP) is 2.98. The van der Waals surface area contributed by atoms with Crippen LogP contribution in [0.15, 0.2) is 30.6 Å². The number of imide groups is 1. The number of carbonyl (C=O) groups is 2. The maximum absolute atomic E-state index is 13.4. The van der Waals surface area contributed by atoms with Gasteiger partial charge < -0.3 is 10.6 Å². The van der Waals surface area contributed by atoms with Crippen LogP contribution < -0.4 is 5.73 Å². The van der Waals surface area contributed by atoms with Gasteiger partial charge in [0.25, 0.3) is 0 Å². The normalized spacial score (nSPS) is 19.7. The number of rotatable bonds is 6. The molecule has 160 valence electrons. The van der Waals surface area contributed by atoms with E-state index in [1.165, 1.54) is 4.90 Å².